The Morgan fingerprint density at radius 2 is 2.03 bits per heavy atom. The summed E-state index contributed by atoms with van der Waals surface area (Å²) in [4.78, 5) is 2.49. The van der Waals surface area contributed by atoms with Crippen LogP contribution in [-0.4, -0.2) is 19.2 Å². The highest BCUT2D eigenvalue weighted by molar-refractivity contribution is 6.36. The molecule has 0 spiro atoms. The Morgan fingerprint density at radius 1 is 1.30 bits per heavy atom. The van der Waals surface area contributed by atoms with Gasteiger partial charge in [-0.25, -0.2) is 0 Å². The van der Waals surface area contributed by atoms with Gasteiger partial charge in [-0.1, -0.05) is 43.1 Å². The molecule has 0 radical (unpaired) electrons. The average Bonchev–Trinajstić information content (AvgIpc) is 2.69. The molecule has 2 aromatic carbocycles. The molecule has 0 fully saturated rings. The van der Waals surface area contributed by atoms with Gasteiger partial charge >= 0.3 is 0 Å². The van der Waals surface area contributed by atoms with Crippen LogP contribution in [0.15, 0.2) is 30.3 Å². The quantitative estimate of drug-likeness (QED) is 0.353. The number of allylic oxidation sites excluding steroid dienone is 1. The molecule has 2 aromatic rings. The fourth-order valence-corrected chi connectivity index (χ4v) is 5.01. The zero-order chi connectivity index (χ0) is 22.1. The van der Waals surface area contributed by atoms with E-state index in [9.17, 15) is 5.26 Å². The molecule has 1 heterocycles. The lowest BCUT2D eigenvalue weighted by Crippen LogP contribution is -2.48. The zero-order valence-corrected chi connectivity index (χ0v) is 19.7. The second-order valence-corrected chi connectivity index (χ2v) is 9.36. The van der Waals surface area contributed by atoms with E-state index in [1.165, 1.54) is 11.3 Å². The first-order valence-corrected chi connectivity index (χ1v) is 11.0. The fourth-order valence-electron chi connectivity index (χ4n) is 4.50. The number of rotatable bonds is 5. The summed E-state index contributed by atoms with van der Waals surface area (Å²) in [5, 5.41) is 10.8. The number of nitrogens with zero attached hydrogens (tertiary/aromatic N) is 2. The summed E-state index contributed by atoms with van der Waals surface area (Å²) in [6.45, 7) is 10.1. The third kappa shape index (κ3) is 4.31. The van der Waals surface area contributed by atoms with Crippen LogP contribution >= 0.6 is 23.2 Å². The molecule has 0 bridgehead atoms. The number of benzene rings is 2. The highest BCUT2D eigenvalue weighted by atomic mass is 35.5. The van der Waals surface area contributed by atoms with Gasteiger partial charge in [0.25, 0.3) is 0 Å². The number of anilines is 1. The van der Waals surface area contributed by atoms with E-state index in [1.54, 1.807) is 25.3 Å². The maximum absolute atomic E-state index is 9.81. The van der Waals surface area contributed by atoms with Crippen LogP contribution in [0.2, 0.25) is 10.0 Å². The normalized spacial score (nSPS) is 18.0. The summed E-state index contributed by atoms with van der Waals surface area (Å²) in [5.74, 6) is 1.16. The van der Waals surface area contributed by atoms with Crippen molar-refractivity contribution in [3.05, 3.63) is 57.1 Å². The Bertz CT molecular complexity index is 1020. The van der Waals surface area contributed by atoms with Crippen molar-refractivity contribution in [1.29, 1.82) is 5.26 Å². The Balaban J connectivity index is 2.16. The Morgan fingerprint density at radius 3 is 2.63 bits per heavy atom. The molecular weight excluding hydrogens is 415 g/mol. The van der Waals surface area contributed by atoms with Crippen molar-refractivity contribution in [3.8, 4) is 11.8 Å². The van der Waals surface area contributed by atoms with Crippen LogP contribution in [0.25, 0.3) is 11.6 Å². The molecule has 0 aromatic heterocycles. The van der Waals surface area contributed by atoms with Crippen molar-refractivity contribution in [2.75, 3.05) is 18.6 Å². The van der Waals surface area contributed by atoms with Crippen molar-refractivity contribution in [2.45, 2.75) is 52.0 Å². The van der Waals surface area contributed by atoms with Crippen molar-refractivity contribution in [3.63, 3.8) is 0 Å². The largest absolute Gasteiger partial charge is 0.496 e. The van der Waals surface area contributed by atoms with Gasteiger partial charge in [0.15, 0.2) is 0 Å². The minimum Gasteiger partial charge on any atom is -0.496 e. The summed E-state index contributed by atoms with van der Waals surface area (Å²) in [7, 11) is 1.67. The second-order valence-electron chi connectivity index (χ2n) is 8.52. The maximum atomic E-state index is 9.81. The molecule has 3 nitrogen and oxygen atoms in total. The van der Waals surface area contributed by atoms with Crippen LogP contribution < -0.4 is 9.64 Å². The average molecular weight is 443 g/mol. The molecule has 0 saturated carbocycles. The third-order valence-corrected chi connectivity index (χ3v) is 6.37. The smallest absolute Gasteiger partial charge is 0.128 e. The molecule has 1 aliphatic rings. The standard InChI is InChI=1S/C25H28Cl2N2O/c1-6-9-29-23-13-24(30-5)17(11-21(23)16(2)14-25(29,3)4)10-18(15-28)20-8-7-19(26)12-22(20)27/h7-8,10-13,16H,6,9,14H2,1-5H3/b18-10+. The molecular formula is C25H28Cl2N2O. The minimum absolute atomic E-state index is 0.0828. The third-order valence-electron chi connectivity index (χ3n) is 5.83. The molecule has 158 valence electrons. The first-order valence-electron chi connectivity index (χ1n) is 10.3. The van der Waals surface area contributed by atoms with Gasteiger partial charge in [0.2, 0.25) is 0 Å². The monoisotopic (exact) mass is 442 g/mol. The maximum Gasteiger partial charge on any atom is 0.128 e. The molecule has 3 rings (SSSR count). The van der Waals surface area contributed by atoms with E-state index in [0.29, 0.717) is 27.1 Å². The van der Waals surface area contributed by atoms with Gasteiger partial charge in [-0.05, 0) is 62.4 Å². The number of nitriles is 1. The Hall–Kier alpha value is -2.15. The molecule has 0 aliphatic carbocycles. The highest BCUT2D eigenvalue weighted by Crippen LogP contribution is 2.46. The summed E-state index contributed by atoms with van der Waals surface area (Å²) in [6.07, 6.45) is 4.00. The number of methoxy groups -OCH3 is 1. The van der Waals surface area contributed by atoms with Gasteiger partial charge in [-0.3, -0.25) is 0 Å². The lowest BCUT2D eigenvalue weighted by atomic mass is 9.79. The Kier molecular flexibility index (Phi) is 6.70. The lowest BCUT2D eigenvalue weighted by molar-refractivity contribution is 0.372. The van der Waals surface area contributed by atoms with Gasteiger partial charge in [-0.15, -0.1) is 0 Å². The van der Waals surface area contributed by atoms with E-state index >= 15 is 0 Å². The summed E-state index contributed by atoms with van der Waals surface area (Å²) < 4.78 is 5.74. The van der Waals surface area contributed by atoms with Crippen LogP contribution in [0.4, 0.5) is 5.69 Å². The molecule has 1 aliphatic heterocycles. The van der Waals surface area contributed by atoms with E-state index in [1.807, 2.05) is 6.08 Å². The molecule has 0 N–H and O–H groups in total. The minimum atomic E-state index is 0.0828. The molecule has 0 amide bonds. The molecule has 1 atom stereocenters. The zero-order valence-electron chi connectivity index (χ0n) is 18.2. The summed E-state index contributed by atoms with van der Waals surface area (Å²) in [5.41, 5.74) is 4.60. The highest BCUT2D eigenvalue weighted by Gasteiger charge is 2.36. The van der Waals surface area contributed by atoms with Crippen LogP contribution in [0, 0.1) is 11.3 Å². The van der Waals surface area contributed by atoms with E-state index in [0.717, 1.165) is 30.7 Å². The second kappa shape index (κ2) is 8.92. The Labute approximate surface area is 189 Å². The SMILES string of the molecule is CCCN1c2cc(OC)c(/C=C(\C#N)c3ccc(Cl)cc3Cl)cc2C(C)CC1(C)C. The van der Waals surface area contributed by atoms with Gasteiger partial charge < -0.3 is 9.64 Å². The van der Waals surface area contributed by atoms with Crippen LogP contribution in [-0.2, 0) is 0 Å². The number of ether oxygens (including phenoxy) is 1. The predicted molar refractivity (Wildman–Crippen MR) is 128 cm³/mol. The van der Waals surface area contributed by atoms with E-state index in [-0.39, 0.29) is 5.54 Å². The number of hydrogen-bond donors (Lipinski definition) is 0. The number of hydrogen-bond acceptors (Lipinski definition) is 3. The van der Waals surface area contributed by atoms with E-state index in [2.05, 4.69) is 50.8 Å². The van der Waals surface area contributed by atoms with Gasteiger partial charge in [0, 0.05) is 40.0 Å². The van der Waals surface area contributed by atoms with Crippen LogP contribution in [0.1, 0.15) is 63.1 Å². The number of fused-ring (bicyclic) bond motifs is 1. The van der Waals surface area contributed by atoms with Gasteiger partial charge in [0.1, 0.15) is 5.75 Å². The van der Waals surface area contributed by atoms with E-state index < -0.39 is 0 Å². The lowest BCUT2D eigenvalue weighted by Gasteiger charge is -2.47. The molecule has 30 heavy (non-hydrogen) atoms. The van der Waals surface area contributed by atoms with Crippen molar-refractivity contribution >= 4 is 40.5 Å². The van der Waals surface area contributed by atoms with Gasteiger partial charge in [-0.2, -0.15) is 5.26 Å². The van der Waals surface area contributed by atoms with E-state index in [4.69, 9.17) is 27.9 Å². The summed E-state index contributed by atoms with van der Waals surface area (Å²) >= 11 is 12.4. The van der Waals surface area contributed by atoms with Gasteiger partial charge in [0.05, 0.1) is 23.8 Å². The topological polar surface area (TPSA) is 36.3 Å². The van der Waals surface area contributed by atoms with Crippen LogP contribution in [0.3, 0.4) is 0 Å². The first-order chi connectivity index (χ1) is 14.2. The molecule has 1 unspecified atom stereocenters. The van der Waals surface area contributed by atoms with Crippen molar-refractivity contribution in [1.82, 2.24) is 0 Å². The predicted octanol–water partition coefficient (Wildman–Crippen LogP) is 7.57. The number of halogens is 2. The van der Waals surface area contributed by atoms with Crippen LogP contribution in [0.5, 0.6) is 5.75 Å². The summed E-state index contributed by atoms with van der Waals surface area (Å²) in [6, 6.07) is 11.7. The van der Waals surface area contributed by atoms with Crippen molar-refractivity contribution < 1.29 is 4.74 Å². The first kappa shape index (κ1) is 22.5. The molecule has 5 heteroatoms. The van der Waals surface area contributed by atoms with Crippen molar-refractivity contribution in [2.24, 2.45) is 0 Å². The fraction of sp³-hybridized carbons (Fsp3) is 0.400. The molecule has 0 saturated heterocycles.